The Labute approximate surface area is 122 Å². The van der Waals surface area contributed by atoms with E-state index in [1.807, 2.05) is 0 Å². The van der Waals surface area contributed by atoms with Crippen molar-refractivity contribution in [2.75, 3.05) is 13.1 Å². The molecule has 0 radical (unpaired) electrons. The van der Waals surface area contributed by atoms with E-state index in [2.05, 4.69) is 48.3 Å². The zero-order valence-electron chi connectivity index (χ0n) is 12.6. The molecule has 0 aromatic heterocycles. The number of benzene rings is 1. The van der Waals surface area contributed by atoms with Crippen LogP contribution in [0.15, 0.2) is 24.3 Å². The van der Waals surface area contributed by atoms with Gasteiger partial charge in [-0.3, -0.25) is 4.90 Å². The van der Waals surface area contributed by atoms with Gasteiger partial charge >= 0.3 is 0 Å². The van der Waals surface area contributed by atoms with E-state index < -0.39 is 0 Å². The molecular weight excluding hydrogens is 248 g/mol. The van der Waals surface area contributed by atoms with Crippen LogP contribution in [0.1, 0.15) is 38.7 Å². The van der Waals surface area contributed by atoms with Crippen molar-refractivity contribution in [3.8, 4) is 5.75 Å². The first-order valence-corrected chi connectivity index (χ1v) is 7.93. The van der Waals surface area contributed by atoms with Crippen LogP contribution in [0, 0.1) is 0 Å². The molecule has 2 fully saturated rings. The predicted molar refractivity (Wildman–Crippen MR) is 82.0 cm³/mol. The number of hydrogen-bond donors (Lipinski definition) is 1. The van der Waals surface area contributed by atoms with E-state index in [9.17, 15) is 0 Å². The summed E-state index contributed by atoms with van der Waals surface area (Å²) in [6.45, 7) is 7.60. The molecule has 2 saturated heterocycles. The molecule has 110 valence electrons. The Morgan fingerprint density at radius 1 is 1.15 bits per heavy atom. The standard InChI is InChI=1S/C17H26N2O/c1-13(2)20-17-7-3-14(4-8-17)11-19-10-9-15-5-6-16(12-19)18-15/h3-4,7-8,13,15-16,18H,5-6,9-12H2,1-2H3. The van der Waals surface area contributed by atoms with Gasteiger partial charge in [-0.25, -0.2) is 0 Å². The number of rotatable bonds is 4. The minimum atomic E-state index is 0.244. The number of hydrogen-bond acceptors (Lipinski definition) is 3. The van der Waals surface area contributed by atoms with E-state index in [4.69, 9.17) is 4.74 Å². The molecule has 2 atom stereocenters. The highest BCUT2D eigenvalue weighted by atomic mass is 16.5. The van der Waals surface area contributed by atoms with Crippen molar-refractivity contribution < 1.29 is 4.74 Å². The van der Waals surface area contributed by atoms with E-state index in [1.165, 1.54) is 37.9 Å². The molecule has 0 spiro atoms. The SMILES string of the molecule is CC(C)Oc1ccc(CN2CCC3CCC(C2)N3)cc1. The number of nitrogens with zero attached hydrogens (tertiary/aromatic N) is 1. The molecular formula is C17H26N2O. The van der Waals surface area contributed by atoms with E-state index >= 15 is 0 Å². The highest BCUT2D eigenvalue weighted by Gasteiger charge is 2.28. The van der Waals surface area contributed by atoms with Crippen LogP contribution >= 0.6 is 0 Å². The highest BCUT2D eigenvalue weighted by Crippen LogP contribution is 2.22. The third-order valence-electron chi connectivity index (χ3n) is 4.31. The number of nitrogens with one attached hydrogen (secondary N) is 1. The number of likely N-dealkylation sites (tertiary alicyclic amines) is 1. The Morgan fingerprint density at radius 3 is 2.65 bits per heavy atom. The average Bonchev–Trinajstić information content (AvgIpc) is 2.74. The lowest BCUT2D eigenvalue weighted by molar-refractivity contribution is 0.241. The second-order valence-corrected chi connectivity index (χ2v) is 6.47. The normalized spacial score (nSPS) is 26.8. The van der Waals surface area contributed by atoms with Crippen LogP contribution in [-0.4, -0.2) is 36.2 Å². The smallest absolute Gasteiger partial charge is 0.119 e. The van der Waals surface area contributed by atoms with Crippen LogP contribution in [0.4, 0.5) is 0 Å². The fourth-order valence-corrected chi connectivity index (χ4v) is 3.36. The quantitative estimate of drug-likeness (QED) is 0.913. The van der Waals surface area contributed by atoms with Gasteiger partial charge in [0.25, 0.3) is 0 Å². The van der Waals surface area contributed by atoms with Crippen LogP contribution in [0.2, 0.25) is 0 Å². The van der Waals surface area contributed by atoms with Gasteiger partial charge in [0.2, 0.25) is 0 Å². The van der Waals surface area contributed by atoms with Crippen molar-refractivity contribution in [2.45, 2.75) is 57.8 Å². The first-order chi connectivity index (χ1) is 9.69. The first kappa shape index (κ1) is 13.9. The van der Waals surface area contributed by atoms with Gasteiger partial charge < -0.3 is 10.1 Å². The zero-order valence-corrected chi connectivity index (χ0v) is 12.6. The van der Waals surface area contributed by atoms with Crippen LogP contribution in [-0.2, 0) is 6.54 Å². The van der Waals surface area contributed by atoms with Gasteiger partial charge in [0.15, 0.2) is 0 Å². The Hall–Kier alpha value is -1.06. The highest BCUT2D eigenvalue weighted by molar-refractivity contribution is 5.27. The topological polar surface area (TPSA) is 24.5 Å². The minimum Gasteiger partial charge on any atom is -0.491 e. The second-order valence-electron chi connectivity index (χ2n) is 6.47. The molecule has 2 unspecified atom stereocenters. The van der Waals surface area contributed by atoms with E-state index in [-0.39, 0.29) is 6.10 Å². The third-order valence-corrected chi connectivity index (χ3v) is 4.31. The molecule has 2 aliphatic rings. The van der Waals surface area contributed by atoms with Gasteiger partial charge in [0.1, 0.15) is 5.75 Å². The molecule has 2 bridgehead atoms. The number of ether oxygens (including phenoxy) is 1. The first-order valence-electron chi connectivity index (χ1n) is 7.93. The Bertz CT molecular complexity index is 429. The molecule has 3 rings (SSSR count). The number of fused-ring (bicyclic) bond motifs is 2. The van der Waals surface area contributed by atoms with Gasteiger partial charge in [-0.1, -0.05) is 12.1 Å². The molecule has 20 heavy (non-hydrogen) atoms. The molecule has 0 saturated carbocycles. The summed E-state index contributed by atoms with van der Waals surface area (Å²) in [7, 11) is 0. The van der Waals surface area contributed by atoms with Crippen molar-refractivity contribution >= 4 is 0 Å². The summed E-state index contributed by atoms with van der Waals surface area (Å²) >= 11 is 0. The van der Waals surface area contributed by atoms with Crippen molar-refractivity contribution in [3.63, 3.8) is 0 Å². The van der Waals surface area contributed by atoms with Gasteiger partial charge in [-0.05, 0) is 50.8 Å². The van der Waals surface area contributed by atoms with Gasteiger partial charge in [0.05, 0.1) is 6.10 Å². The molecule has 1 aromatic rings. The second kappa shape index (κ2) is 6.15. The average molecular weight is 274 g/mol. The Morgan fingerprint density at radius 2 is 1.90 bits per heavy atom. The molecule has 3 nitrogen and oxygen atoms in total. The van der Waals surface area contributed by atoms with Gasteiger partial charge in [-0.15, -0.1) is 0 Å². The van der Waals surface area contributed by atoms with Crippen LogP contribution in [0.3, 0.4) is 0 Å². The maximum Gasteiger partial charge on any atom is 0.119 e. The molecule has 2 heterocycles. The maximum absolute atomic E-state index is 5.70. The maximum atomic E-state index is 5.70. The van der Waals surface area contributed by atoms with Crippen molar-refractivity contribution in [1.82, 2.24) is 10.2 Å². The summed E-state index contributed by atoms with van der Waals surface area (Å²) in [4.78, 5) is 2.59. The lowest BCUT2D eigenvalue weighted by Crippen LogP contribution is -2.34. The summed E-state index contributed by atoms with van der Waals surface area (Å²) in [6, 6.07) is 10.1. The lowest BCUT2D eigenvalue weighted by atomic mass is 10.1. The zero-order chi connectivity index (χ0) is 13.9. The monoisotopic (exact) mass is 274 g/mol. The molecule has 1 N–H and O–H groups in total. The summed E-state index contributed by atoms with van der Waals surface area (Å²) in [5.41, 5.74) is 1.39. The van der Waals surface area contributed by atoms with Crippen molar-refractivity contribution in [1.29, 1.82) is 0 Å². The summed E-state index contributed by atoms with van der Waals surface area (Å²) in [6.07, 6.45) is 4.26. The fraction of sp³-hybridized carbons (Fsp3) is 0.647. The van der Waals surface area contributed by atoms with Crippen LogP contribution < -0.4 is 10.1 Å². The van der Waals surface area contributed by atoms with E-state index in [0.29, 0.717) is 6.04 Å². The molecule has 3 heteroatoms. The largest absolute Gasteiger partial charge is 0.491 e. The molecule has 0 amide bonds. The Kier molecular flexibility index (Phi) is 4.27. The fourth-order valence-electron chi connectivity index (χ4n) is 3.36. The Balaban J connectivity index is 1.57. The molecule has 0 aliphatic carbocycles. The minimum absolute atomic E-state index is 0.244. The van der Waals surface area contributed by atoms with Crippen molar-refractivity contribution in [3.05, 3.63) is 29.8 Å². The van der Waals surface area contributed by atoms with Crippen LogP contribution in [0.5, 0.6) is 5.75 Å². The van der Waals surface area contributed by atoms with E-state index in [1.54, 1.807) is 0 Å². The summed E-state index contributed by atoms with van der Waals surface area (Å²) in [5.74, 6) is 0.973. The van der Waals surface area contributed by atoms with Gasteiger partial charge in [-0.2, -0.15) is 0 Å². The summed E-state index contributed by atoms with van der Waals surface area (Å²) < 4.78 is 5.70. The molecule has 2 aliphatic heterocycles. The lowest BCUT2D eigenvalue weighted by Gasteiger charge is -2.24. The summed E-state index contributed by atoms with van der Waals surface area (Å²) in [5, 5.41) is 3.74. The van der Waals surface area contributed by atoms with Gasteiger partial charge in [0, 0.05) is 31.7 Å². The van der Waals surface area contributed by atoms with E-state index in [0.717, 1.165) is 18.3 Å². The van der Waals surface area contributed by atoms with Crippen molar-refractivity contribution in [2.24, 2.45) is 0 Å². The third kappa shape index (κ3) is 3.53. The predicted octanol–water partition coefficient (Wildman–Crippen LogP) is 2.80. The van der Waals surface area contributed by atoms with Crippen LogP contribution in [0.25, 0.3) is 0 Å². The molecule has 1 aromatic carbocycles.